The number of imidazole rings is 1. The van der Waals surface area contributed by atoms with Gasteiger partial charge in [0.15, 0.2) is 12.6 Å². The van der Waals surface area contributed by atoms with E-state index in [1.165, 1.54) is 23.9 Å². The van der Waals surface area contributed by atoms with E-state index in [-0.39, 0.29) is 102 Å². The van der Waals surface area contributed by atoms with E-state index in [2.05, 4.69) is 26.4 Å². The van der Waals surface area contributed by atoms with Gasteiger partial charge in [-0.3, -0.25) is 38.8 Å². The number of alkyl carbamates (subject to hydrolysis) is 1. The SMILES string of the molecule is C#Cc1c(F)ccc2cc(OCOC)cc(-c3ncc4c(N5C[C@H]6CC[C@@H](C5)N6C(=O)OC(C)(C)C)nc(OC[C@@]56CCCN5[C@H](COC(=O)NCCCCc5cccc7c5n(C)c(=O)n7C5CCC(=O)NC5=O)CC6)nc4c3F)c12. The van der Waals surface area contributed by atoms with Crippen LogP contribution in [0.15, 0.2) is 53.5 Å². The molecule has 4 amide bonds. The number of aryl methyl sites for hydroxylation is 2. The summed E-state index contributed by atoms with van der Waals surface area (Å²) in [6, 6.07) is 10.3. The molecular weight excluding hydrogens is 1050 g/mol. The number of anilines is 1. The van der Waals surface area contributed by atoms with Crippen LogP contribution in [0.25, 0.3) is 44.0 Å². The third-order valence-electron chi connectivity index (χ3n) is 16.6. The summed E-state index contributed by atoms with van der Waals surface area (Å²) in [6.07, 6.45) is 13.5. The van der Waals surface area contributed by atoms with Crippen molar-refractivity contribution in [2.45, 2.75) is 127 Å². The molecule has 81 heavy (non-hydrogen) atoms. The fourth-order valence-electron chi connectivity index (χ4n) is 12.9. The summed E-state index contributed by atoms with van der Waals surface area (Å²) in [6.45, 7) is 7.66. The first-order valence-electron chi connectivity index (χ1n) is 27.8. The lowest BCUT2D eigenvalue weighted by Gasteiger charge is -2.42. The van der Waals surface area contributed by atoms with Gasteiger partial charge in [-0.1, -0.05) is 24.1 Å². The minimum absolute atomic E-state index is 0.0560. The molecule has 5 saturated heterocycles. The van der Waals surface area contributed by atoms with Crippen LogP contribution in [-0.2, 0) is 37.3 Å². The molecule has 5 atom stereocenters. The normalized spacial score (nSPS) is 21.9. The van der Waals surface area contributed by atoms with Gasteiger partial charge in [-0.15, -0.1) is 6.42 Å². The second-order valence-corrected chi connectivity index (χ2v) is 22.8. The number of ether oxygens (including phenoxy) is 5. The number of carbonyl (C=O) groups is 4. The third kappa shape index (κ3) is 10.6. The predicted octanol–water partition coefficient (Wildman–Crippen LogP) is 7.43. The number of piperazine rings is 1. The molecule has 5 aliphatic rings. The molecule has 5 fully saturated rings. The van der Waals surface area contributed by atoms with E-state index < -0.39 is 40.8 Å². The largest absolute Gasteiger partial charge is 0.468 e. The van der Waals surface area contributed by atoms with Crippen LogP contribution in [0.1, 0.15) is 102 Å². The summed E-state index contributed by atoms with van der Waals surface area (Å²) in [4.78, 5) is 85.2. The molecular formula is C59H66F2N10O10. The number of benzene rings is 3. The molecule has 0 saturated carbocycles. The minimum atomic E-state index is -0.809. The van der Waals surface area contributed by atoms with Gasteiger partial charge in [0.2, 0.25) is 11.8 Å². The Morgan fingerprint density at radius 2 is 1.79 bits per heavy atom. The lowest BCUT2D eigenvalue weighted by Crippen LogP contribution is -2.57. The predicted molar refractivity (Wildman–Crippen MR) is 296 cm³/mol. The van der Waals surface area contributed by atoms with E-state index in [0.717, 1.165) is 56.1 Å². The number of nitrogens with one attached hydrogen (secondary N) is 2. The Kier molecular flexibility index (Phi) is 15.1. The maximum atomic E-state index is 17.7. The van der Waals surface area contributed by atoms with Crippen molar-refractivity contribution in [3.63, 3.8) is 0 Å². The number of para-hydroxylation sites is 1. The Balaban J connectivity index is 0.789. The minimum Gasteiger partial charge on any atom is -0.468 e. The molecule has 8 heterocycles. The second kappa shape index (κ2) is 22.2. The molecule has 3 aromatic heterocycles. The van der Waals surface area contributed by atoms with Crippen LogP contribution in [0.3, 0.4) is 0 Å². The van der Waals surface area contributed by atoms with Crippen molar-refractivity contribution in [3.05, 3.63) is 81.9 Å². The number of unbranched alkanes of at least 4 members (excludes halogenated alkanes) is 1. The Morgan fingerprint density at radius 3 is 2.54 bits per heavy atom. The van der Waals surface area contributed by atoms with Crippen molar-refractivity contribution >= 4 is 62.5 Å². The molecule has 2 bridgehead atoms. The first kappa shape index (κ1) is 55.0. The molecule has 0 aliphatic carbocycles. The van der Waals surface area contributed by atoms with Crippen LogP contribution in [-0.4, -0.2) is 140 Å². The number of pyridine rings is 1. The fraction of sp³-hybridized carbons (Fsp3) is 0.492. The molecule has 0 spiro atoms. The van der Waals surface area contributed by atoms with Crippen LogP contribution in [0.5, 0.6) is 11.8 Å². The van der Waals surface area contributed by atoms with Gasteiger partial charge in [-0.25, -0.2) is 23.2 Å². The number of hydrogen-bond acceptors (Lipinski definition) is 15. The average molecular weight is 1110 g/mol. The van der Waals surface area contributed by atoms with Gasteiger partial charge < -0.3 is 33.9 Å². The number of methoxy groups -OCH3 is 1. The maximum Gasteiger partial charge on any atom is 0.410 e. The maximum absolute atomic E-state index is 17.7. The van der Waals surface area contributed by atoms with E-state index in [4.69, 9.17) is 40.1 Å². The molecule has 22 heteroatoms. The number of rotatable bonds is 16. The molecule has 426 valence electrons. The smallest absolute Gasteiger partial charge is 0.410 e. The lowest BCUT2D eigenvalue weighted by atomic mass is 9.95. The molecule has 6 aromatic rings. The van der Waals surface area contributed by atoms with E-state index in [1.54, 1.807) is 29.8 Å². The second-order valence-electron chi connectivity index (χ2n) is 22.8. The van der Waals surface area contributed by atoms with E-state index >= 15 is 8.78 Å². The molecule has 2 N–H and O–H groups in total. The summed E-state index contributed by atoms with van der Waals surface area (Å²) < 4.78 is 65.4. The zero-order valence-electron chi connectivity index (χ0n) is 46.1. The molecule has 11 rings (SSSR count). The number of hydrogen-bond donors (Lipinski definition) is 2. The van der Waals surface area contributed by atoms with Gasteiger partial charge in [0.05, 0.1) is 39.6 Å². The summed E-state index contributed by atoms with van der Waals surface area (Å²) in [7, 11) is 3.15. The van der Waals surface area contributed by atoms with Crippen LogP contribution >= 0.6 is 0 Å². The standard InChI is InChI=1S/C59H66F2N10O10/c1-7-40-43(60)18-15-35-26-39(80-33-77-6)27-41(47(35)40)49-48(61)50-42(28-63-49)52(68-29-36-16-17-37(30-68)70(36)57(76)81-58(2,3)4)66-54(65-50)79-32-59-22-11-25-69(59)38(21-23-59)31-78-55(74)62-24-9-8-12-34-13-10-14-44-51(34)67(5)56(75)71(44)45-19-20-46(72)64-53(45)73/h1,10,13-15,18,26-28,36-38,45H,8-9,11-12,16-17,19-25,29-33H2,2-6H3,(H,62,74)(H,64,72,73)/t36-,37+,38-,45?,59-/m0/s1. The molecule has 3 aromatic carbocycles. The number of imide groups is 1. The van der Waals surface area contributed by atoms with Gasteiger partial charge in [0.1, 0.15) is 53.5 Å². The molecule has 5 aliphatic heterocycles. The summed E-state index contributed by atoms with van der Waals surface area (Å²) >= 11 is 0. The first-order chi connectivity index (χ1) is 38.9. The summed E-state index contributed by atoms with van der Waals surface area (Å²) in [5.74, 6) is 0.857. The van der Waals surface area contributed by atoms with Gasteiger partial charge in [0.25, 0.3) is 0 Å². The summed E-state index contributed by atoms with van der Waals surface area (Å²) in [5.41, 5.74) is 0.761. The number of carbonyl (C=O) groups excluding carboxylic acids is 4. The number of amides is 4. The zero-order chi connectivity index (χ0) is 56.9. The first-order valence-corrected chi connectivity index (χ1v) is 27.8. The number of piperidine rings is 1. The number of nitrogens with zero attached hydrogens (tertiary/aromatic N) is 8. The van der Waals surface area contributed by atoms with Crippen LogP contribution in [0.2, 0.25) is 0 Å². The van der Waals surface area contributed by atoms with E-state index in [9.17, 15) is 24.0 Å². The van der Waals surface area contributed by atoms with Crippen molar-refractivity contribution in [3.8, 4) is 35.4 Å². The topological polar surface area (TPSA) is 214 Å². The van der Waals surface area contributed by atoms with Gasteiger partial charge in [-0.05, 0) is 127 Å². The molecule has 1 unspecified atom stereocenters. The lowest BCUT2D eigenvalue weighted by molar-refractivity contribution is -0.135. The van der Waals surface area contributed by atoms with Crippen molar-refractivity contribution < 1.29 is 51.6 Å². The highest BCUT2D eigenvalue weighted by atomic mass is 19.1. The van der Waals surface area contributed by atoms with Crippen molar-refractivity contribution in [2.24, 2.45) is 7.05 Å². The number of halogens is 2. The Bertz CT molecular complexity index is 3580. The van der Waals surface area contributed by atoms with Gasteiger partial charge >= 0.3 is 23.9 Å². The number of aromatic nitrogens is 5. The Labute approximate surface area is 466 Å². The number of fused-ring (bicyclic) bond motifs is 6. The molecule has 0 radical (unpaired) electrons. The van der Waals surface area contributed by atoms with E-state index in [1.807, 2.05) is 48.8 Å². The van der Waals surface area contributed by atoms with Crippen LogP contribution < -0.4 is 30.7 Å². The van der Waals surface area contributed by atoms with Crippen LogP contribution in [0.4, 0.5) is 24.2 Å². The summed E-state index contributed by atoms with van der Waals surface area (Å²) in [5, 5.41) is 6.32. The van der Waals surface area contributed by atoms with Gasteiger partial charge in [0, 0.05) is 63.4 Å². The third-order valence-corrected chi connectivity index (χ3v) is 16.6. The Morgan fingerprint density at radius 1 is 0.988 bits per heavy atom. The monoisotopic (exact) mass is 1110 g/mol. The van der Waals surface area contributed by atoms with Crippen molar-refractivity contribution in [1.82, 2.24) is 44.5 Å². The van der Waals surface area contributed by atoms with Crippen molar-refractivity contribution in [2.75, 3.05) is 58.2 Å². The number of terminal acetylenes is 1. The molecule has 20 nitrogen and oxygen atoms in total. The highest BCUT2D eigenvalue weighted by Gasteiger charge is 2.51. The fourth-order valence-corrected chi connectivity index (χ4v) is 12.9. The van der Waals surface area contributed by atoms with E-state index in [0.29, 0.717) is 66.8 Å². The van der Waals surface area contributed by atoms with Crippen molar-refractivity contribution in [1.29, 1.82) is 0 Å². The highest BCUT2D eigenvalue weighted by Crippen LogP contribution is 2.44. The highest BCUT2D eigenvalue weighted by molar-refractivity contribution is 6.03. The van der Waals surface area contributed by atoms with Gasteiger partial charge in [-0.2, -0.15) is 9.97 Å². The average Bonchev–Trinajstić information content (AvgIpc) is 4.16. The quantitative estimate of drug-likeness (QED) is 0.0417. The Hall–Kier alpha value is -7.90. The zero-order valence-corrected chi connectivity index (χ0v) is 46.1. The van der Waals surface area contributed by atoms with Crippen LogP contribution in [0, 0.1) is 24.0 Å².